The van der Waals surface area contributed by atoms with Crippen molar-refractivity contribution in [3.63, 3.8) is 0 Å². The van der Waals surface area contributed by atoms with Gasteiger partial charge in [0.1, 0.15) is 10.6 Å². The molecule has 1 heterocycles. The van der Waals surface area contributed by atoms with Crippen LogP contribution in [0, 0.1) is 11.3 Å². The first-order chi connectivity index (χ1) is 7.20. The number of carbonyl (C=O) groups excluding carboxylic acids is 1. The Morgan fingerprint density at radius 1 is 1.73 bits per heavy atom. The number of hydrogen-bond donors (Lipinski definition) is 0. The lowest BCUT2D eigenvalue weighted by molar-refractivity contribution is 0.0800. The topological polar surface area (TPSA) is 53.3 Å². The van der Waals surface area contributed by atoms with Crippen molar-refractivity contribution in [2.75, 3.05) is 20.7 Å². The molecule has 0 radical (unpaired) electrons. The molecule has 0 fully saturated rings. The van der Waals surface area contributed by atoms with Crippen LogP contribution in [-0.4, -0.2) is 31.5 Å². The first-order valence-electron chi connectivity index (χ1n) is 4.44. The zero-order chi connectivity index (χ0) is 11.3. The summed E-state index contributed by atoms with van der Waals surface area (Å²) >= 11 is 1.34. The number of ether oxygens (including phenoxy) is 1. The van der Waals surface area contributed by atoms with E-state index < -0.39 is 0 Å². The Hall–Kier alpha value is -1.54. The van der Waals surface area contributed by atoms with E-state index in [1.165, 1.54) is 23.3 Å². The SMILES string of the molecule is COc1ccsc1C(=O)N(C)CCC#N. The first kappa shape index (κ1) is 11.5. The Morgan fingerprint density at radius 2 is 2.47 bits per heavy atom. The molecule has 1 aromatic rings. The zero-order valence-electron chi connectivity index (χ0n) is 8.69. The molecule has 1 amide bonds. The van der Waals surface area contributed by atoms with E-state index in [1.807, 2.05) is 11.4 Å². The van der Waals surface area contributed by atoms with Gasteiger partial charge in [-0.15, -0.1) is 11.3 Å². The molecule has 1 rings (SSSR count). The van der Waals surface area contributed by atoms with Gasteiger partial charge in [0.25, 0.3) is 5.91 Å². The van der Waals surface area contributed by atoms with Gasteiger partial charge in [-0.05, 0) is 11.4 Å². The van der Waals surface area contributed by atoms with E-state index in [2.05, 4.69) is 0 Å². The molecule has 0 spiro atoms. The van der Waals surface area contributed by atoms with E-state index in [-0.39, 0.29) is 5.91 Å². The number of carbonyl (C=O) groups is 1. The quantitative estimate of drug-likeness (QED) is 0.782. The second kappa shape index (κ2) is 5.37. The van der Waals surface area contributed by atoms with Crippen LogP contribution in [0.25, 0.3) is 0 Å². The normalized spacial score (nSPS) is 9.40. The van der Waals surface area contributed by atoms with E-state index in [0.29, 0.717) is 23.6 Å². The van der Waals surface area contributed by atoms with Crippen LogP contribution in [0.5, 0.6) is 5.75 Å². The molecule has 0 unspecified atom stereocenters. The molecule has 80 valence electrons. The fourth-order valence-electron chi connectivity index (χ4n) is 1.11. The lowest BCUT2D eigenvalue weighted by Gasteiger charge is -2.14. The third-order valence-corrected chi connectivity index (χ3v) is 2.83. The lowest BCUT2D eigenvalue weighted by atomic mass is 10.3. The summed E-state index contributed by atoms with van der Waals surface area (Å²) in [5.74, 6) is 0.492. The van der Waals surface area contributed by atoms with Gasteiger partial charge in [-0.2, -0.15) is 5.26 Å². The molecule has 0 saturated carbocycles. The van der Waals surface area contributed by atoms with Crippen LogP contribution in [0.1, 0.15) is 16.1 Å². The van der Waals surface area contributed by atoms with Gasteiger partial charge in [-0.1, -0.05) is 0 Å². The number of amides is 1. The molecule has 0 N–H and O–H groups in total. The highest BCUT2D eigenvalue weighted by Gasteiger charge is 2.17. The third-order valence-electron chi connectivity index (χ3n) is 1.95. The van der Waals surface area contributed by atoms with Gasteiger partial charge in [-0.3, -0.25) is 4.79 Å². The van der Waals surface area contributed by atoms with E-state index in [4.69, 9.17) is 10.00 Å². The Balaban J connectivity index is 2.72. The molecular formula is C10H12N2O2S. The zero-order valence-corrected chi connectivity index (χ0v) is 9.50. The van der Waals surface area contributed by atoms with Crippen molar-refractivity contribution < 1.29 is 9.53 Å². The highest BCUT2D eigenvalue weighted by atomic mass is 32.1. The van der Waals surface area contributed by atoms with E-state index in [0.717, 1.165) is 0 Å². The fraction of sp³-hybridized carbons (Fsp3) is 0.400. The van der Waals surface area contributed by atoms with Crippen molar-refractivity contribution in [1.29, 1.82) is 5.26 Å². The van der Waals surface area contributed by atoms with Crippen molar-refractivity contribution in [3.8, 4) is 11.8 Å². The van der Waals surface area contributed by atoms with Crippen molar-refractivity contribution in [3.05, 3.63) is 16.3 Å². The molecule has 1 aromatic heterocycles. The van der Waals surface area contributed by atoms with Gasteiger partial charge in [0.05, 0.1) is 19.6 Å². The standard InChI is InChI=1S/C10H12N2O2S/c1-12(6-3-5-11)10(13)9-8(14-2)4-7-15-9/h4,7H,3,6H2,1-2H3. The Labute approximate surface area is 92.7 Å². The summed E-state index contributed by atoms with van der Waals surface area (Å²) in [5, 5.41) is 10.2. The van der Waals surface area contributed by atoms with Crippen LogP contribution in [0.4, 0.5) is 0 Å². The minimum absolute atomic E-state index is 0.0999. The van der Waals surface area contributed by atoms with Crippen molar-refractivity contribution in [2.24, 2.45) is 0 Å². The van der Waals surface area contributed by atoms with Crippen LogP contribution in [0.15, 0.2) is 11.4 Å². The minimum atomic E-state index is -0.0999. The predicted octanol–water partition coefficient (Wildman–Crippen LogP) is 1.74. The highest BCUT2D eigenvalue weighted by Crippen LogP contribution is 2.25. The molecule has 0 aliphatic heterocycles. The van der Waals surface area contributed by atoms with Gasteiger partial charge in [0.2, 0.25) is 0 Å². The number of methoxy groups -OCH3 is 1. The van der Waals surface area contributed by atoms with Crippen molar-refractivity contribution in [2.45, 2.75) is 6.42 Å². The third kappa shape index (κ3) is 2.70. The molecule has 0 aliphatic rings. The van der Waals surface area contributed by atoms with Gasteiger partial charge in [-0.25, -0.2) is 0 Å². The van der Waals surface area contributed by atoms with Gasteiger partial charge < -0.3 is 9.64 Å². The molecule has 0 saturated heterocycles. The van der Waals surface area contributed by atoms with E-state index in [1.54, 1.807) is 13.1 Å². The molecule has 0 aliphatic carbocycles. The molecule has 0 aromatic carbocycles. The van der Waals surface area contributed by atoms with Crippen molar-refractivity contribution in [1.82, 2.24) is 4.90 Å². The van der Waals surface area contributed by atoms with Gasteiger partial charge in [0.15, 0.2) is 0 Å². The van der Waals surface area contributed by atoms with Crippen LogP contribution < -0.4 is 4.74 Å². The number of rotatable bonds is 4. The van der Waals surface area contributed by atoms with Gasteiger partial charge in [0, 0.05) is 13.6 Å². The number of hydrogen-bond acceptors (Lipinski definition) is 4. The molecule has 4 nitrogen and oxygen atoms in total. The average molecular weight is 224 g/mol. The summed E-state index contributed by atoms with van der Waals surface area (Å²) in [4.78, 5) is 13.9. The second-order valence-electron chi connectivity index (χ2n) is 2.95. The number of thiophene rings is 1. The van der Waals surface area contributed by atoms with Crippen LogP contribution in [0.3, 0.4) is 0 Å². The average Bonchev–Trinajstić information content (AvgIpc) is 2.72. The predicted molar refractivity (Wildman–Crippen MR) is 58.1 cm³/mol. The number of nitriles is 1. The van der Waals surface area contributed by atoms with Crippen LogP contribution in [0.2, 0.25) is 0 Å². The summed E-state index contributed by atoms with van der Waals surface area (Å²) in [6, 6.07) is 3.77. The molecule has 0 atom stereocenters. The molecular weight excluding hydrogens is 212 g/mol. The fourth-order valence-corrected chi connectivity index (χ4v) is 1.96. The van der Waals surface area contributed by atoms with Crippen LogP contribution in [-0.2, 0) is 0 Å². The molecule has 5 heteroatoms. The largest absolute Gasteiger partial charge is 0.495 e. The van der Waals surface area contributed by atoms with E-state index >= 15 is 0 Å². The number of nitrogens with zero attached hydrogens (tertiary/aromatic N) is 2. The Bertz CT molecular complexity index is 381. The molecule has 0 bridgehead atoms. The summed E-state index contributed by atoms with van der Waals surface area (Å²) in [6.07, 6.45) is 0.343. The summed E-state index contributed by atoms with van der Waals surface area (Å²) in [7, 11) is 3.22. The first-order valence-corrected chi connectivity index (χ1v) is 5.32. The molecule has 15 heavy (non-hydrogen) atoms. The maximum atomic E-state index is 11.8. The Morgan fingerprint density at radius 3 is 3.07 bits per heavy atom. The second-order valence-corrected chi connectivity index (χ2v) is 3.87. The van der Waals surface area contributed by atoms with Gasteiger partial charge >= 0.3 is 0 Å². The summed E-state index contributed by atoms with van der Waals surface area (Å²) in [5.41, 5.74) is 0. The minimum Gasteiger partial charge on any atom is -0.495 e. The Kier molecular flexibility index (Phi) is 4.13. The summed E-state index contributed by atoms with van der Waals surface area (Å²) < 4.78 is 5.06. The maximum Gasteiger partial charge on any atom is 0.267 e. The smallest absolute Gasteiger partial charge is 0.267 e. The highest BCUT2D eigenvalue weighted by molar-refractivity contribution is 7.12. The lowest BCUT2D eigenvalue weighted by Crippen LogP contribution is -2.27. The van der Waals surface area contributed by atoms with E-state index in [9.17, 15) is 4.79 Å². The maximum absolute atomic E-state index is 11.8. The monoisotopic (exact) mass is 224 g/mol. The van der Waals surface area contributed by atoms with Crippen molar-refractivity contribution >= 4 is 17.2 Å². The summed E-state index contributed by atoms with van der Waals surface area (Å²) in [6.45, 7) is 0.441. The van der Waals surface area contributed by atoms with Crippen LogP contribution >= 0.6 is 11.3 Å².